The van der Waals surface area contributed by atoms with E-state index in [0.29, 0.717) is 5.56 Å². The molecule has 2 aliphatic carbocycles. The zero-order chi connectivity index (χ0) is 21.6. The summed E-state index contributed by atoms with van der Waals surface area (Å²) in [4.78, 5) is 12.5. The number of esters is 1. The van der Waals surface area contributed by atoms with Gasteiger partial charge in [-0.2, -0.15) is 0 Å². The second-order valence-electron chi connectivity index (χ2n) is 9.82. The minimum Gasteiger partial charge on any atom is -0.459 e. The second-order valence-corrected chi connectivity index (χ2v) is 9.82. The Hall–Kier alpha value is -1.51. The van der Waals surface area contributed by atoms with Crippen LogP contribution in [-0.4, -0.2) is 54.9 Å². The van der Waals surface area contributed by atoms with Crippen LogP contribution < -0.4 is 0 Å². The summed E-state index contributed by atoms with van der Waals surface area (Å²) in [6.07, 6.45) is 8.32. The Morgan fingerprint density at radius 1 is 0.781 bits per heavy atom. The number of carbonyl (C=O) groups excluding carboxylic acids is 1. The van der Waals surface area contributed by atoms with Gasteiger partial charge in [0.05, 0.1) is 5.56 Å². The van der Waals surface area contributed by atoms with Crippen molar-refractivity contribution in [2.24, 2.45) is 0 Å². The molecule has 2 saturated carbocycles. The quantitative estimate of drug-likeness (QED) is 0.650. The summed E-state index contributed by atoms with van der Waals surface area (Å²) < 4.78 is 38.1. The number of ether oxygens (including phenoxy) is 6. The highest BCUT2D eigenvalue weighted by molar-refractivity contribution is 5.89. The molecule has 2 spiro atoms. The first kappa shape index (κ1) is 21.1. The molecule has 3 aliphatic heterocycles. The third kappa shape index (κ3) is 3.78. The lowest BCUT2D eigenvalue weighted by Gasteiger charge is -2.36. The van der Waals surface area contributed by atoms with Crippen molar-refractivity contribution >= 4 is 5.97 Å². The molecule has 3 saturated heterocycles. The van der Waals surface area contributed by atoms with Crippen molar-refractivity contribution in [3.05, 3.63) is 35.9 Å². The maximum absolute atomic E-state index is 12.5. The monoisotopic (exact) mass is 444 g/mol. The summed E-state index contributed by atoms with van der Waals surface area (Å²) in [6.45, 7) is 0.0912. The molecule has 7 nitrogen and oxygen atoms in total. The van der Waals surface area contributed by atoms with E-state index < -0.39 is 24.0 Å². The van der Waals surface area contributed by atoms with E-state index in [1.54, 1.807) is 12.1 Å². The predicted octanol–water partition coefficient (Wildman–Crippen LogP) is 4.09. The summed E-state index contributed by atoms with van der Waals surface area (Å²) in [5.74, 6) is -1.54. The molecule has 32 heavy (non-hydrogen) atoms. The highest BCUT2D eigenvalue weighted by Crippen LogP contribution is 2.50. The molecular weight excluding hydrogens is 412 g/mol. The number of hydrogen-bond acceptors (Lipinski definition) is 7. The summed E-state index contributed by atoms with van der Waals surface area (Å²) in [6, 6.07) is 9.01. The van der Waals surface area contributed by atoms with Gasteiger partial charge in [-0.15, -0.1) is 0 Å². The molecule has 0 bridgehead atoms. The largest absolute Gasteiger partial charge is 0.459 e. The molecule has 0 amide bonds. The van der Waals surface area contributed by atoms with Gasteiger partial charge in [-0.05, 0) is 37.8 Å². The number of fused-ring (bicyclic) bond motifs is 3. The van der Waals surface area contributed by atoms with Gasteiger partial charge in [0, 0.05) is 25.7 Å². The summed E-state index contributed by atoms with van der Waals surface area (Å²) in [5, 5.41) is 0. The number of carbonyl (C=O) groups is 1. The maximum Gasteiger partial charge on any atom is 0.338 e. The molecule has 5 fully saturated rings. The molecule has 0 N–H and O–H groups in total. The molecule has 7 heteroatoms. The van der Waals surface area contributed by atoms with Crippen LogP contribution in [0.3, 0.4) is 0 Å². The first-order valence-corrected chi connectivity index (χ1v) is 12.2. The number of benzene rings is 1. The predicted molar refractivity (Wildman–Crippen MR) is 113 cm³/mol. The van der Waals surface area contributed by atoms with Crippen molar-refractivity contribution in [1.82, 2.24) is 0 Å². The van der Waals surface area contributed by atoms with Crippen LogP contribution in [0.1, 0.15) is 74.6 Å². The van der Waals surface area contributed by atoms with Crippen molar-refractivity contribution in [3.8, 4) is 0 Å². The molecule has 174 valence electrons. The zero-order valence-corrected chi connectivity index (χ0v) is 18.4. The van der Waals surface area contributed by atoms with E-state index in [-0.39, 0.29) is 30.9 Å². The zero-order valence-electron chi connectivity index (χ0n) is 18.4. The van der Waals surface area contributed by atoms with E-state index >= 15 is 0 Å². The van der Waals surface area contributed by atoms with Gasteiger partial charge in [-0.25, -0.2) is 4.79 Å². The van der Waals surface area contributed by atoms with Crippen LogP contribution in [0, 0.1) is 0 Å². The van der Waals surface area contributed by atoms with Crippen LogP contribution in [0.25, 0.3) is 0 Å². The van der Waals surface area contributed by atoms with E-state index in [9.17, 15) is 4.79 Å². The molecule has 6 rings (SSSR count). The summed E-state index contributed by atoms with van der Waals surface area (Å²) in [7, 11) is 0. The summed E-state index contributed by atoms with van der Waals surface area (Å²) >= 11 is 0. The fourth-order valence-corrected chi connectivity index (χ4v) is 5.99. The maximum atomic E-state index is 12.5. The average Bonchev–Trinajstić information content (AvgIpc) is 3.37. The van der Waals surface area contributed by atoms with Gasteiger partial charge in [0.25, 0.3) is 0 Å². The van der Waals surface area contributed by atoms with Crippen LogP contribution >= 0.6 is 0 Å². The fourth-order valence-electron chi connectivity index (χ4n) is 5.99. The van der Waals surface area contributed by atoms with Gasteiger partial charge >= 0.3 is 5.97 Å². The van der Waals surface area contributed by atoms with Crippen LogP contribution in [0.15, 0.2) is 30.3 Å². The molecule has 1 aromatic rings. The van der Waals surface area contributed by atoms with Crippen LogP contribution in [0.5, 0.6) is 0 Å². The fraction of sp³-hybridized carbons (Fsp3) is 0.720. The Morgan fingerprint density at radius 3 is 2.06 bits per heavy atom. The van der Waals surface area contributed by atoms with Gasteiger partial charge in [-0.3, -0.25) is 0 Å². The Balaban J connectivity index is 1.21. The lowest BCUT2D eigenvalue weighted by molar-refractivity contribution is -0.254. The minimum absolute atomic E-state index is 0.0912. The molecule has 0 unspecified atom stereocenters. The van der Waals surface area contributed by atoms with Gasteiger partial charge in [-0.1, -0.05) is 31.0 Å². The van der Waals surface area contributed by atoms with Crippen LogP contribution in [-0.2, 0) is 28.4 Å². The molecule has 5 aliphatic rings. The number of rotatable bonds is 3. The van der Waals surface area contributed by atoms with Crippen molar-refractivity contribution in [2.75, 3.05) is 6.61 Å². The first-order valence-electron chi connectivity index (χ1n) is 12.2. The first-order chi connectivity index (χ1) is 15.7. The molecular formula is C25H32O7. The highest BCUT2D eigenvalue weighted by atomic mass is 16.9. The molecule has 1 aromatic carbocycles. The van der Waals surface area contributed by atoms with Gasteiger partial charge in [0.15, 0.2) is 17.9 Å². The smallest absolute Gasteiger partial charge is 0.338 e. The highest BCUT2D eigenvalue weighted by Gasteiger charge is 2.64. The Labute approximate surface area is 188 Å². The van der Waals surface area contributed by atoms with E-state index in [1.165, 1.54) is 12.8 Å². The third-order valence-electron chi connectivity index (χ3n) is 7.59. The van der Waals surface area contributed by atoms with Crippen molar-refractivity contribution in [1.29, 1.82) is 0 Å². The Kier molecular flexibility index (Phi) is 5.50. The topological polar surface area (TPSA) is 72.5 Å². The Morgan fingerprint density at radius 2 is 1.38 bits per heavy atom. The van der Waals surface area contributed by atoms with E-state index in [0.717, 1.165) is 51.4 Å². The average molecular weight is 445 g/mol. The van der Waals surface area contributed by atoms with E-state index in [1.807, 2.05) is 18.2 Å². The molecule has 0 aromatic heterocycles. The van der Waals surface area contributed by atoms with Gasteiger partial charge in [0.1, 0.15) is 31.0 Å². The van der Waals surface area contributed by atoms with Crippen molar-refractivity contribution < 1.29 is 33.2 Å². The van der Waals surface area contributed by atoms with Crippen LogP contribution in [0.2, 0.25) is 0 Å². The van der Waals surface area contributed by atoms with Gasteiger partial charge < -0.3 is 28.4 Å². The summed E-state index contributed by atoms with van der Waals surface area (Å²) in [5.41, 5.74) is 0.520. The Bertz CT molecular complexity index is 815. The number of hydrogen-bond donors (Lipinski definition) is 0. The molecule has 5 atom stereocenters. The third-order valence-corrected chi connectivity index (χ3v) is 7.59. The van der Waals surface area contributed by atoms with Crippen molar-refractivity contribution in [3.63, 3.8) is 0 Å². The second kappa shape index (κ2) is 8.37. The van der Waals surface area contributed by atoms with Crippen LogP contribution in [0.4, 0.5) is 0 Å². The standard InChI is InChI=1S/C25H32O7/c26-22(17-10-4-1-5-11-17)27-16-18-19-20(30-24(29-19)12-6-2-7-13-24)21-23(28-18)32-25(31-21)14-8-3-9-15-25/h1,4-5,10-11,18-21,23H,2-3,6-9,12-16H2/t18-,19+,20-,21+,23-/m0/s1. The van der Waals surface area contributed by atoms with E-state index in [4.69, 9.17) is 28.4 Å². The lowest BCUT2D eigenvalue weighted by Crippen LogP contribution is -2.56. The normalized spacial score (nSPS) is 37.2. The minimum atomic E-state index is -0.584. The lowest BCUT2D eigenvalue weighted by atomic mass is 9.94. The van der Waals surface area contributed by atoms with Gasteiger partial charge in [0.2, 0.25) is 0 Å². The van der Waals surface area contributed by atoms with E-state index in [2.05, 4.69) is 0 Å². The van der Waals surface area contributed by atoms with Crippen molar-refractivity contribution in [2.45, 2.75) is 106 Å². The molecule has 3 heterocycles. The SMILES string of the molecule is O=C(OC[C@@H]1O[C@H]2OC3(CCCCC3)O[C@@H]2[C@H]2OC3(CCCCC3)O[C@@H]21)c1ccccc1. The molecule has 0 radical (unpaired) electrons.